The SMILES string of the molecule is CCN(C(=O)c1ccc2c(c1)CCCC2)[C@H]1CCO[C@@H](c2ccc(-c3cncnc3)cc2)C1. The van der Waals surface area contributed by atoms with Gasteiger partial charge in [-0.1, -0.05) is 30.3 Å². The van der Waals surface area contributed by atoms with Crippen LogP contribution in [0.4, 0.5) is 0 Å². The minimum Gasteiger partial charge on any atom is -0.373 e. The summed E-state index contributed by atoms with van der Waals surface area (Å²) in [5.74, 6) is 0.149. The first-order valence-electron chi connectivity index (χ1n) is 12.1. The summed E-state index contributed by atoms with van der Waals surface area (Å²) in [6.07, 6.45) is 11.6. The molecule has 0 saturated carbocycles. The molecule has 1 saturated heterocycles. The van der Waals surface area contributed by atoms with Gasteiger partial charge in [-0.05, 0) is 79.8 Å². The Labute approximate surface area is 195 Å². The molecular weight excluding hydrogens is 410 g/mol. The lowest BCUT2D eigenvalue weighted by Crippen LogP contribution is -2.44. The zero-order chi connectivity index (χ0) is 22.6. The summed E-state index contributed by atoms with van der Waals surface area (Å²) in [7, 11) is 0. The van der Waals surface area contributed by atoms with Gasteiger partial charge >= 0.3 is 0 Å². The molecule has 2 heterocycles. The van der Waals surface area contributed by atoms with Crippen molar-refractivity contribution in [2.45, 2.75) is 57.6 Å². The fourth-order valence-corrected chi connectivity index (χ4v) is 5.23. The minimum absolute atomic E-state index is 0.00444. The Kier molecular flexibility index (Phi) is 6.49. The zero-order valence-corrected chi connectivity index (χ0v) is 19.2. The third-order valence-corrected chi connectivity index (χ3v) is 7.07. The molecule has 0 unspecified atom stereocenters. The maximum absolute atomic E-state index is 13.5. The van der Waals surface area contributed by atoms with Gasteiger partial charge in [-0.2, -0.15) is 0 Å². The summed E-state index contributed by atoms with van der Waals surface area (Å²) in [6, 6.07) is 14.9. The Hall–Kier alpha value is -3.05. The first-order valence-corrected chi connectivity index (χ1v) is 12.1. The molecule has 2 aromatic carbocycles. The van der Waals surface area contributed by atoms with Crippen LogP contribution in [0.1, 0.15) is 65.8 Å². The molecule has 2 atom stereocenters. The largest absolute Gasteiger partial charge is 0.373 e. The number of amides is 1. The van der Waals surface area contributed by atoms with E-state index in [-0.39, 0.29) is 18.1 Å². The van der Waals surface area contributed by atoms with Crippen molar-refractivity contribution in [2.24, 2.45) is 0 Å². The average Bonchev–Trinajstić information content (AvgIpc) is 2.89. The molecule has 33 heavy (non-hydrogen) atoms. The van der Waals surface area contributed by atoms with Crippen molar-refractivity contribution < 1.29 is 9.53 Å². The van der Waals surface area contributed by atoms with Gasteiger partial charge in [-0.15, -0.1) is 0 Å². The maximum Gasteiger partial charge on any atom is 0.254 e. The number of hydrogen-bond acceptors (Lipinski definition) is 4. The topological polar surface area (TPSA) is 55.3 Å². The number of carbonyl (C=O) groups excluding carboxylic acids is 1. The number of nitrogens with zero attached hydrogens (tertiary/aromatic N) is 3. The highest BCUT2D eigenvalue weighted by atomic mass is 16.5. The number of rotatable bonds is 5. The van der Waals surface area contributed by atoms with Crippen LogP contribution in [0.3, 0.4) is 0 Å². The molecule has 0 N–H and O–H groups in total. The van der Waals surface area contributed by atoms with Gasteiger partial charge in [0.1, 0.15) is 6.33 Å². The minimum atomic E-state index is -0.00444. The van der Waals surface area contributed by atoms with Gasteiger partial charge in [0.05, 0.1) is 6.10 Å². The molecule has 3 aromatic rings. The monoisotopic (exact) mass is 441 g/mol. The molecule has 0 bridgehead atoms. The van der Waals surface area contributed by atoms with Crippen LogP contribution in [0.25, 0.3) is 11.1 Å². The molecular formula is C28H31N3O2. The predicted octanol–water partition coefficient (Wildman–Crippen LogP) is 5.40. The maximum atomic E-state index is 13.5. The Bertz CT molecular complexity index is 1100. The van der Waals surface area contributed by atoms with E-state index in [1.807, 2.05) is 18.5 Å². The van der Waals surface area contributed by atoms with Gasteiger partial charge in [-0.25, -0.2) is 9.97 Å². The number of fused-ring (bicyclic) bond motifs is 1. The first kappa shape index (κ1) is 21.8. The first-order chi connectivity index (χ1) is 16.2. The lowest BCUT2D eigenvalue weighted by atomic mass is 9.90. The smallest absolute Gasteiger partial charge is 0.254 e. The van der Waals surface area contributed by atoms with Gasteiger partial charge in [0, 0.05) is 42.7 Å². The summed E-state index contributed by atoms with van der Waals surface area (Å²) in [4.78, 5) is 23.7. The molecule has 1 amide bonds. The van der Waals surface area contributed by atoms with Crippen molar-refractivity contribution in [3.63, 3.8) is 0 Å². The third kappa shape index (κ3) is 4.69. The molecule has 0 radical (unpaired) electrons. The number of carbonyl (C=O) groups is 1. The fraction of sp³-hybridized carbons (Fsp3) is 0.393. The second kappa shape index (κ2) is 9.84. The molecule has 5 rings (SSSR count). The Morgan fingerprint density at radius 1 is 1.00 bits per heavy atom. The second-order valence-corrected chi connectivity index (χ2v) is 9.07. The van der Waals surface area contributed by atoms with Crippen molar-refractivity contribution in [2.75, 3.05) is 13.2 Å². The van der Waals surface area contributed by atoms with Crippen molar-refractivity contribution in [1.82, 2.24) is 14.9 Å². The molecule has 170 valence electrons. The Morgan fingerprint density at radius 2 is 1.76 bits per heavy atom. The fourth-order valence-electron chi connectivity index (χ4n) is 5.23. The van der Waals surface area contributed by atoms with E-state index in [0.29, 0.717) is 13.2 Å². The molecule has 1 aliphatic heterocycles. The van der Waals surface area contributed by atoms with Crippen LogP contribution in [0.5, 0.6) is 0 Å². The van der Waals surface area contributed by atoms with Gasteiger partial charge in [0.2, 0.25) is 0 Å². The molecule has 1 fully saturated rings. The summed E-state index contributed by atoms with van der Waals surface area (Å²) < 4.78 is 6.13. The van der Waals surface area contributed by atoms with E-state index in [1.54, 1.807) is 6.33 Å². The summed E-state index contributed by atoms with van der Waals surface area (Å²) in [6.45, 7) is 3.45. The normalized spacial score (nSPS) is 20.2. The standard InChI is InChI=1S/C28H31N3O2/c1-2-31(28(32)24-12-9-20-5-3-4-6-23(20)15-24)26-13-14-33-27(16-26)22-10-7-21(8-11-22)25-17-29-19-30-18-25/h7-12,15,17-19,26-27H,2-6,13-14,16H2,1H3/t26-,27+/m0/s1. The molecule has 1 aliphatic carbocycles. The van der Waals surface area contributed by atoms with E-state index in [2.05, 4.69) is 58.2 Å². The van der Waals surface area contributed by atoms with Crippen LogP contribution in [0.15, 0.2) is 61.2 Å². The Balaban J connectivity index is 1.30. The van der Waals surface area contributed by atoms with Crippen LogP contribution in [-0.2, 0) is 17.6 Å². The third-order valence-electron chi connectivity index (χ3n) is 7.07. The number of benzene rings is 2. The van der Waals surface area contributed by atoms with Gasteiger partial charge in [0.15, 0.2) is 0 Å². The second-order valence-electron chi connectivity index (χ2n) is 9.07. The lowest BCUT2D eigenvalue weighted by molar-refractivity contribution is -0.0231. The van der Waals surface area contributed by atoms with E-state index >= 15 is 0 Å². The molecule has 5 nitrogen and oxygen atoms in total. The zero-order valence-electron chi connectivity index (χ0n) is 19.2. The van der Waals surface area contributed by atoms with Crippen molar-refractivity contribution >= 4 is 5.91 Å². The molecule has 0 spiro atoms. The van der Waals surface area contributed by atoms with E-state index < -0.39 is 0 Å². The average molecular weight is 442 g/mol. The van der Waals surface area contributed by atoms with Crippen molar-refractivity contribution in [3.05, 3.63) is 83.4 Å². The van der Waals surface area contributed by atoms with E-state index in [4.69, 9.17) is 4.74 Å². The van der Waals surface area contributed by atoms with Crippen LogP contribution in [0, 0.1) is 0 Å². The quantitative estimate of drug-likeness (QED) is 0.532. The lowest BCUT2D eigenvalue weighted by Gasteiger charge is -2.37. The van der Waals surface area contributed by atoms with Crippen LogP contribution < -0.4 is 0 Å². The van der Waals surface area contributed by atoms with Crippen molar-refractivity contribution in [3.8, 4) is 11.1 Å². The van der Waals surface area contributed by atoms with Crippen molar-refractivity contribution in [1.29, 1.82) is 0 Å². The Morgan fingerprint density at radius 3 is 2.52 bits per heavy atom. The highest BCUT2D eigenvalue weighted by Crippen LogP contribution is 2.33. The van der Waals surface area contributed by atoms with Gasteiger partial charge in [0.25, 0.3) is 5.91 Å². The number of aryl methyl sites for hydroxylation is 2. The highest BCUT2D eigenvalue weighted by molar-refractivity contribution is 5.94. The van der Waals surface area contributed by atoms with Crippen LogP contribution in [0.2, 0.25) is 0 Å². The van der Waals surface area contributed by atoms with Crippen LogP contribution >= 0.6 is 0 Å². The van der Waals surface area contributed by atoms with Crippen LogP contribution in [-0.4, -0.2) is 40.0 Å². The highest BCUT2D eigenvalue weighted by Gasteiger charge is 2.31. The predicted molar refractivity (Wildman–Crippen MR) is 129 cm³/mol. The molecule has 2 aliphatic rings. The summed E-state index contributed by atoms with van der Waals surface area (Å²) in [5.41, 5.74) is 6.84. The van der Waals surface area contributed by atoms with Gasteiger partial charge in [-0.3, -0.25) is 4.79 Å². The van der Waals surface area contributed by atoms with Gasteiger partial charge < -0.3 is 9.64 Å². The van der Waals surface area contributed by atoms with E-state index in [9.17, 15) is 4.79 Å². The summed E-state index contributed by atoms with van der Waals surface area (Å²) >= 11 is 0. The number of ether oxygens (including phenoxy) is 1. The van der Waals surface area contributed by atoms with E-state index in [0.717, 1.165) is 47.9 Å². The summed E-state index contributed by atoms with van der Waals surface area (Å²) in [5, 5.41) is 0. The number of aromatic nitrogens is 2. The molecule has 1 aromatic heterocycles. The molecule has 5 heteroatoms. The van der Waals surface area contributed by atoms with E-state index in [1.165, 1.54) is 24.0 Å². The number of hydrogen-bond donors (Lipinski definition) is 0.